The van der Waals surface area contributed by atoms with E-state index in [0.717, 1.165) is 0 Å². The minimum Gasteiger partial charge on any atom is -0.381 e. The molecule has 0 fully saturated rings. The molecule has 0 aliphatic carbocycles. The Morgan fingerprint density at radius 1 is 1.03 bits per heavy atom. The van der Waals surface area contributed by atoms with Crippen LogP contribution in [-0.4, -0.2) is 28.1 Å². The van der Waals surface area contributed by atoms with E-state index in [1.807, 2.05) is 0 Å². The van der Waals surface area contributed by atoms with Crippen LogP contribution in [0.15, 0.2) is 66.9 Å². The van der Waals surface area contributed by atoms with Gasteiger partial charge in [0, 0.05) is 11.9 Å². The van der Waals surface area contributed by atoms with Gasteiger partial charge < -0.3 is 16.2 Å². The van der Waals surface area contributed by atoms with Crippen molar-refractivity contribution in [3.05, 3.63) is 89.6 Å². The van der Waals surface area contributed by atoms with E-state index in [1.165, 1.54) is 24.3 Å². The Bertz CT molecular complexity index is 1210. The summed E-state index contributed by atoms with van der Waals surface area (Å²) in [5, 5.41) is 18.7. The fraction of sp³-hybridized carbons (Fsp3) is 0.174. The molecule has 160 valence electrons. The van der Waals surface area contributed by atoms with Gasteiger partial charge in [-0.05, 0) is 59.7 Å². The molecule has 0 aliphatic rings. The molecule has 5 nitrogen and oxygen atoms in total. The molecule has 0 saturated carbocycles. The summed E-state index contributed by atoms with van der Waals surface area (Å²) in [6.45, 7) is -1.10. The van der Waals surface area contributed by atoms with Gasteiger partial charge >= 0.3 is 0 Å². The molecule has 0 aliphatic heterocycles. The summed E-state index contributed by atoms with van der Waals surface area (Å²) in [5.74, 6) is -0.878. The number of fused-ring (bicyclic) bond motifs is 1. The van der Waals surface area contributed by atoms with Crippen LogP contribution in [-0.2, 0) is 12.1 Å². The summed E-state index contributed by atoms with van der Waals surface area (Å²) in [5.41, 5.74) is 6.12. The summed E-state index contributed by atoms with van der Waals surface area (Å²) in [7, 11) is 0. The number of anilines is 1. The zero-order valence-electron chi connectivity index (χ0n) is 16.5. The Balaban J connectivity index is 1.60. The second-order valence-corrected chi connectivity index (χ2v) is 7.34. The Hall–Kier alpha value is -3.36. The van der Waals surface area contributed by atoms with E-state index in [1.54, 1.807) is 47.3 Å². The molecule has 0 radical (unpaired) electrons. The third kappa shape index (κ3) is 4.12. The minimum absolute atomic E-state index is 0.147. The van der Waals surface area contributed by atoms with Gasteiger partial charge in [0.25, 0.3) is 0 Å². The summed E-state index contributed by atoms with van der Waals surface area (Å²) in [4.78, 5) is 0. The average Bonchev–Trinajstić information content (AvgIpc) is 3.22. The highest BCUT2D eigenvalue weighted by Crippen LogP contribution is 2.28. The van der Waals surface area contributed by atoms with Gasteiger partial charge in [0.2, 0.25) is 0 Å². The van der Waals surface area contributed by atoms with Crippen LogP contribution in [0.4, 0.5) is 18.9 Å². The zero-order chi connectivity index (χ0) is 22.0. The molecule has 0 saturated heterocycles. The quantitative estimate of drug-likeness (QED) is 0.417. The van der Waals surface area contributed by atoms with Crippen LogP contribution in [0.25, 0.3) is 16.6 Å². The van der Waals surface area contributed by atoms with Crippen LogP contribution < -0.4 is 11.1 Å². The van der Waals surface area contributed by atoms with Crippen LogP contribution in [0.2, 0.25) is 0 Å². The molecule has 1 unspecified atom stereocenters. The molecule has 8 heteroatoms. The third-order valence-corrected chi connectivity index (χ3v) is 5.24. The van der Waals surface area contributed by atoms with E-state index in [2.05, 4.69) is 10.4 Å². The molecule has 0 bridgehead atoms. The van der Waals surface area contributed by atoms with Gasteiger partial charge in [-0.25, -0.2) is 17.9 Å². The van der Waals surface area contributed by atoms with Crippen LogP contribution in [0.3, 0.4) is 0 Å². The first kappa shape index (κ1) is 20.9. The van der Waals surface area contributed by atoms with Gasteiger partial charge in [0.05, 0.1) is 29.6 Å². The van der Waals surface area contributed by atoms with Crippen molar-refractivity contribution >= 4 is 16.6 Å². The number of rotatable bonds is 7. The second kappa shape index (κ2) is 8.41. The lowest BCUT2D eigenvalue weighted by Gasteiger charge is -2.26. The number of benzene rings is 3. The lowest BCUT2D eigenvalue weighted by molar-refractivity contribution is 0.0240. The number of halogens is 3. The van der Waals surface area contributed by atoms with Crippen LogP contribution in [0.5, 0.6) is 0 Å². The average molecular weight is 426 g/mol. The number of aliphatic hydroxyl groups is 1. The van der Waals surface area contributed by atoms with Crippen molar-refractivity contribution in [3.8, 4) is 5.69 Å². The first-order valence-corrected chi connectivity index (χ1v) is 9.68. The van der Waals surface area contributed by atoms with Crippen molar-refractivity contribution < 1.29 is 18.3 Å². The van der Waals surface area contributed by atoms with Crippen molar-refractivity contribution in [1.29, 1.82) is 0 Å². The van der Waals surface area contributed by atoms with Crippen molar-refractivity contribution in [3.63, 3.8) is 0 Å². The van der Waals surface area contributed by atoms with Crippen molar-refractivity contribution in [2.75, 3.05) is 18.5 Å². The summed E-state index contributed by atoms with van der Waals surface area (Å²) >= 11 is 0. The molecule has 1 atom stereocenters. The highest BCUT2D eigenvalue weighted by molar-refractivity contribution is 5.81. The summed E-state index contributed by atoms with van der Waals surface area (Å²) < 4.78 is 42.9. The number of nitrogens with one attached hydrogen (secondary N) is 1. The van der Waals surface area contributed by atoms with Gasteiger partial charge in [-0.1, -0.05) is 12.1 Å². The Morgan fingerprint density at radius 3 is 2.48 bits per heavy atom. The Kier molecular flexibility index (Phi) is 5.67. The first-order valence-electron chi connectivity index (χ1n) is 9.68. The van der Waals surface area contributed by atoms with E-state index in [4.69, 9.17) is 5.73 Å². The van der Waals surface area contributed by atoms with E-state index in [-0.39, 0.29) is 24.6 Å². The lowest BCUT2D eigenvalue weighted by atomic mass is 9.94. The lowest BCUT2D eigenvalue weighted by Crippen LogP contribution is -2.36. The SMILES string of the molecule is NCc1ccc(NCC(O)(CF)c2ccc3c(cnn3-c3ccc(F)cc3)c2)c(F)c1. The Labute approximate surface area is 176 Å². The second-order valence-electron chi connectivity index (χ2n) is 7.34. The number of nitrogens with two attached hydrogens (primary N) is 1. The van der Waals surface area contributed by atoms with Crippen LogP contribution >= 0.6 is 0 Å². The van der Waals surface area contributed by atoms with Gasteiger partial charge in [-0.3, -0.25) is 0 Å². The first-order chi connectivity index (χ1) is 14.9. The number of alkyl halides is 1. The van der Waals surface area contributed by atoms with Gasteiger partial charge in [0.15, 0.2) is 0 Å². The molecule has 1 heterocycles. The third-order valence-electron chi connectivity index (χ3n) is 5.24. The highest BCUT2D eigenvalue weighted by Gasteiger charge is 2.30. The van der Waals surface area contributed by atoms with E-state index in [9.17, 15) is 18.3 Å². The van der Waals surface area contributed by atoms with E-state index < -0.39 is 18.1 Å². The molecule has 3 aromatic carbocycles. The van der Waals surface area contributed by atoms with Crippen molar-refractivity contribution in [1.82, 2.24) is 9.78 Å². The molecule has 4 aromatic rings. The normalized spacial score (nSPS) is 13.3. The zero-order valence-corrected chi connectivity index (χ0v) is 16.5. The molecule has 0 spiro atoms. The maximum Gasteiger partial charge on any atom is 0.146 e. The topological polar surface area (TPSA) is 76.1 Å². The van der Waals surface area contributed by atoms with Crippen LogP contribution in [0, 0.1) is 11.6 Å². The van der Waals surface area contributed by atoms with Crippen molar-refractivity contribution in [2.24, 2.45) is 5.73 Å². The standard InChI is InChI=1S/C23H21F3N4O/c24-13-23(31,14-28-21-7-1-15(11-27)9-20(21)26)17-2-8-22-16(10-17)12-29-30(22)19-5-3-18(25)4-6-19/h1-10,12,28,31H,11,13-14,27H2. The maximum absolute atomic E-state index is 14.2. The van der Waals surface area contributed by atoms with Crippen LogP contribution in [0.1, 0.15) is 11.1 Å². The van der Waals surface area contributed by atoms with Crippen molar-refractivity contribution in [2.45, 2.75) is 12.1 Å². The van der Waals surface area contributed by atoms with Gasteiger partial charge in [0.1, 0.15) is 23.9 Å². The number of nitrogens with zero attached hydrogens (tertiary/aromatic N) is 2. The van der Waals surface area contributed by atoms with Gasteiger partial charge in [-0.2, -0.15) is 5.10 Å². The maximum atomic E-state index is 14.2. The molecule has 4 N–H and O–H groups in total. The molecular weight excluding hydrogens is 405 g/mol. The van der Waals surface area contributed by atoms with E-state index >= 15 is 0 Å². The van der Waals surface area contributed by atoms with E-state index in [0.29, 0.717) is 27.7 Å². The minimum atomic E-state index is -1.87. The summed E-state index contributed by atoms with van der Waals surface area (Å²) in [6.07, 6.45) is 1.58. The smallest absolute Gasteiger partial charge is 0.146 e. The fourth-order valence-corrected chi connectivity index (χ4v) is 3.41. The van der Waals surface area contributed by atoms with Gasteiger partial charge in [-0.15, -0.1) is 0 Å². The Morgan fingerprint density at radius 2 is 1.81 bits per heavy atom. The number of hydrogen-bond acceptors (Lipinski definition) is 4. The fourth-order valence-electron chi connectivity index (χ4n) is 3.41. The largest absolute Gasteiger partial charge is 0.381 e. The predicted octanol–water partition coefficient (Wildman–Crippen LogP) is 4.03. The molecule has 4 rings (SSSR count). The molecule has 31 heavy (non-hydrogen) atoms. The highest BCUT2D eigenvalue weighted by atomic mass is 19.1. The molecule has 0 amide bonds. The number of aromatic nitrogens is 2. The number of hydrogen-bond donors (Lipinski definition) is 3. The molecule has 1 aromatic heterocycles. The predicted molar refractivity (Wildman–Crippen MR) is 114 cm³/mol. The monoisotopic (exact) mass is 426 g/mol. The summed E-state index contributed by atoms with van der Waals surface area (Å²) in [6, 6.07) is 15.3. The molecular formula is C23H21F3N4O.